The topological polar surface area (TPSA) is 299 Å². The Hall–Kier alpha value is -6.40. The minimum absolute atomic E-state index is 0.0203. The van der Waals surface area contributed by atoms with Gasteiger partial charge in [-0.15, -0.1) is 0 Å². The normalized spacial score (nSPS) is 27.5. The van der Waals surface area contributed by atoms with Crippen LogP contribution in [0.3, 0.4) is 0 Å². The fourth-order valence-corrected chi connectivity index (χ4v) is 12.2. The summed E-state index contributed by atoms with van der Waals surface area (Å²) in [5.74, 6) is -10.4. The van der Waals surface area contributed by atoms with Gasteiger partial charge in [-0.2, -0.15) is 0 Å². The fourth-order valence-electron chi connectivity index (χ4n) is 12.2. The summed E-state index contributed by atoms with van der Waals surface area (Å²) in [6.07, 6.45) is 1.80. The predicted molar refractivity (Wildman–Crippen MR) is 353 cm³/mol. The lowest BCUT2D eigenvalue weighted by Crippen LogP contribution is -2.64. The van der Waals surface area contributed by atoms with Crippen molar-refractivity contribution in [3.8, 4) is 0 Å². The minimum Gasteiger partial charge on any atom is -0.390 e. The molecule has 0 aromatic carbocycles. The van der Waals surface area contributed by atoms with Crippen molar-refractivity contribution in [2.45, 2.75) is 254 Å². The number of aliphatic hydroxyl groups excluding tert-OH is 1. The van der Waals surface area contributed by atoms with Crippen LogP contribution >= 0.6 is 0 Å². The van der Waals surface area contributed by atoms with Crippen molar-refractivity contribution < 1.29 is 62.6 Å². The van der Waals surface area contributed by atoms with Gasteiger partial charge >= 0.3 is 0 Å². The number of carbonyl (C=O) groups excluding carboxylic acids is 12. The molecule has 2 fully saturated rings. The summed E-state index contributed by atoms with van der Waals surface area (Å²) >= 11 is 0. The van der Waals surface area contributed by atoms with Crippen LogP contribution in [0.4, 0.5) is 0 Å². The van der Waals surface area contributed by atoms with Crippen LogP contribution in [-0.2, 0) is 57.5 Å². The van der Waals surface area contributed by atoms with Gasteiger partial charge in [0.25, 0.3) is 0 Å². The lowest BCUT2D eigenvalue weighted by molar-refractivity contribution is -0.157. The second-order valence-electron chi connectivity index (χ2n) is 28.6. The summed E-state index contributed by atoms with van der Waals surface area (Å²) in [6, 6.07) is -14.0. The second kappa shape index (κ2) is 36.9. The average molecular weight is 1300 g/mol. The molecule has 0 aliphatic carbocycles. The van der Waals surface area contributed by atoms with Gasteiger partial charge in [-0.3, -0.25) is 57.5 Å². The Labute approximate surface area is 550 Å². The summed E-state index contributed by atoms with van der Waals surface area (Å²) in [5, 5.41) is 23.5. The van der Waals surface area contributed by atoms with Crippen LogP contribution in [0.5, 0.6) is 0 Å². The van der Waals surface area contributed by atoms with Crippen LogP contribution in [0, 0.1) is 41.4 Å². The quantitative estimate of drug-likeness (QED) is 0.148. The van der Waals surface area contributed by atoms with E-state index in [9.17, 15) is 43.5 Å². The summed E-state index contributed by atoms with van der Waals surface area (Å²) in [7, 11) is 9.87. The van der Waals surface area contributed by atoms with Crippen molar-refractivity contribution in [2.24, 2.45) is 41.4 Å². The van der Waals surface area contributed by atoms with Gasteiger partial charge in [0.15, 0.2) is 0 Å². The zero-order valence-electron chi connectivity index (χ0n) is 60.4. The van der Waals surface area contributed by atoms with E-state index in [-0.39, 0.29) is 74.5 Å². The van der Waals surface area contributed by atoms with E-state index in [0.717, 1.165) is 29.1 Å². The SMILES string of the molecule is CC[C@@H]1NC(=O)[C@H]([C@H](O)[C@H](C)CCC(=O)N2CCCCC2)N(C)C(=O)[C@H](C(C)C)N(C)C(=O)[C@H](CC(C)C)N(C)C(=O)[C@H](CC(C)C)N(C)C(=O)[C@@H](C)NC(=O)[C@H](C)NC(=O)[C@H](CC(C)C)N(C)C(=O)[C@H](C(C)C)NC(=O)[C@H](CC(C)C)N(C)C(=O)[C@@H](C)N(C)C1=O. The molecule has 0 bridgehead atoms. The van der Waals surface area contributed by atoms with Crippen molar-refractivity contribution in [3.63, 3.8) is 0 Å². The molecule has 0 aromatic heterocycles. The van der Waals surface area contributed by atoms with Gasteiger partial charge in [0.2, 0.25) is 70.9 Å². The van der Waals surface area contributed by atoms with Crippen LogP contribution in [0.1, 0.15) is 182 Å². The highest BCUT2D eigenvalue weighted by Gasteiger charge is 2.46. The molecular weight excluding hydrogens is 1180 g/mol. The number of amides is 12. The zero-order chi connectivity index (χ0) is 70.8. The first kappa shape index (κ1) is 81.7. The number of hydrogen-bond donors (Lipinski definition) is 5. The maximum absolute atomic E-state index is 15.4. The van der Waals surface area contributed by atoms with Gasteiger partial charge in [0, 0.05) is 68.8 Å². The maximum atomic E-state index is 15.4. The molecule has 2 aliphatic rings. The van der Waals surface area contributed by atoms with E-state index in [0.29, 0.717) is 13.1 Å². The van der Waals surface area contributed by atoms with Gasteiger partial charge in [-0.05, 0) is 120 Å². The molecule has 2 aliphatic heterocycles. The van der Waals surface area contributed by atoms with E-state index >= 15 is 19.2 Å². The Morgan fingerprint density at radius 3 is 1.30 bits per heavy atom. The summed E-state index contributed by atoms with van der Waals surface area (Å²) in [5.41, 5.74) is 0. The van der Waals surface area contributed by atoms with Crippen molar-refractivity contribution >= 4 is 70.9 Å². The molecule has 0 unspecified atom stereocenters. The van der Waals surface area contributed by atoms with E-state index in [1.165, 1.54) is 94.6 Å². The van der Waals surface area contributed by atoms with Gasteiger partial charge in [0.05, 0.1) is 6.10 Å². The zero-order valence-corrected chi connectivity index (χ0v) is 60.4. The number of piperidine rings is 1. The number of likely N-dealkylation sites (tertiary alicyclic amines) is 1. The minimum atomic E-state index is -1.71. The van der Waals surface area contributed by atoms with E-state index in [1.807, 2.05) is 55.4 Å². The third-order valence-corrected chi connectivity index (χ3v) is 18.3. The Balaban J connectivity index is 3.01. The van der Waals surface area contributed by atoms with E-state index in [4.69, 9.17) is 0 Å². The number of likely N-dealkylation sites (N-methyl/N-ethyl adjacent to an activating group) is 7. The van der Waals surface area contributed by atoms with Crippen LogP contribution in [0.15, 0.2) is 0 Å². The lowest BCUT2D eigenvalue weighted by atomic mass is 9.90. The number of rotatable bonds is 16. The van der Waals surface area contributed by atoms with E-state index in [2.05, 4.69) is 21.3 Å². The number of hydrogen-bond acceptors (Lipinski definition) is 13. The summed E-state index contributed by atoms with van der Waals surface area (Å²) < 4.78 is 0. The molecule has 2 saturated heterocycles. The third kappa shape index (κ3) is 22.1. The Bertz CT molecular complexity index is 2540. The first-order valence-electron chi connectivity index (χ1n) is 33.6. The first-order valence-corrected chi connectivity index (χ1v) is 33.6. The van der Waals surface area contributed by atoms with Crippen LogP contribution in [0.2, 0.25) is 0 Å². The molecule has 526 valence electrons. The van der Waals surface area contributed by atoms with E-state index in [1.54, 1.807) is 46.4 Å². The Kier molecular flexibility index (Phi) is 32.8. The Morgan fingerprint density at radius 1 is 0.435 bits per heavy atom. The Morgan fingerprint density at radius 2 is 0.848 bits per heavy atom. The van der Waals surface area contributed by atoms with Crippen molar-refractivity contribution in [3.05, 3.63) is 0 Å². The van der Waals surface area contributed by atoms with E-state index < -0.39 is 155 Å². The average Bonchev–Trinajstić information content (AvgIpc) is 0.833. The molecule has 0 saturated carbocycles. The van der Waals surface area contributed by atoms with Crippen molar-refractivity contribution in [1.29, 1.82) is 0 Å². The largest absolute Gasteiger partial charge is 0.390 e. The number of nitrogens with zero attached hydrogens (tertiary/aromatic N) is 8. The molecule has 0 aromatic rings. The molecule has 25 nitrogen and oxygen atoms in total. The smallest absolute Gasteiger partial charge is 0.246 e. The molecule has 2 heterocycles. The molecule has 0 spiro atoms. The molecule has 25 heteroatoms. The number of nitrogens with one attached hydrogen (secondary N) is 4. The van der Waals surface area contributed by atoms with Crippen LogP contribution < -0.4 is 21.3 Å². The number of carbonyl (C=O) groups is 12. The maximum Gasteiger partial charge on any atom is 0.246 e. The second-order valence-corrected chi connectivity index (χ2v) is 28.6. The molecule has 0 radical (unpaired) electrons. The third-order valence-electron chi connectivity index (χ3n) is 18.3. The molecule has 13 atom stereocenters. The standard InChI is InChI=1S/C67H120N12O13/c1-25-47-63(88)72(18)46(17)62(87)73(19)49(34-38(4)5)59(84)71-53(41(10)11)66(91)74(20)48(33-37(2)3)58(83)68-44(15)57(82)69-45(16)61(86)75(21)50(35-39(6)7)64(89)76(22)51(36-40(8)9)65(90)77(23)54(42(12)13)67(92)78(24)55(60(85)70-47)56(81)43(14)29-30-52(80)79-31-27-26-28-32-79/h37-51,53-56,81H,25-36H2,1-24H3,(H,68,83)(H,69,82)(H,70,85)(H,71,84)/t43-,44+,45-,46-,47+,48+,49+,50+,51+,53+,54+,55+,56-/m1/s1. The predicted octanol–water partition coefficient (Wildman–Crippen LogP) is 3.48. The van der Waals surface area contributed by atoms with Gasteiger partial charge in [-0.1, -0.05) is 96.9 Å². The molecule has 2 rings (SSSR count). The van der Waals surface area contributed by atoms with Crippen LogP contribution in [-0.4, -0.2) is 250 Å². The first-order chi connectivity index (χ1) is 42.6. The highest BCUT2D eigenvalue weighted by atomic mass is 16.3. The highest BCUT2D eigenvalue weighted by Crippen LogP contribution is 2.27. The van der Waals surface area contributed by atoms with Crippen LogP contribution in [0.25, 0.3) is 0 Å². The van der Waals surface area contributed by atoms with Gasteiger partial charge in [0.1, 0.15) is 66.5 Å². The molecule has 92 heavy (non-hydrogen) atoms. The summed E-state index contributed by atoms with van der Waals surface area (Å²) in [4.78, 5) is 186. The lowest BCUT2D eigenvalue weighted by Gasteiger charge is -2.41. The summed E-state index contributed by atoms with van der Waals surface area (Å²) in [6.45, 7) is 30.6. The molecular formula is C67H120N12O13. The number of aliphatic hydroxyl groups is 1. The van der Waals surface area contributed by atoms with Gasteiger partial charge < -0.3 is 65.6 Å². The monoisotopic (exact) mass is 1300 g/mol. The van der Waals surface area contributed by atoms with Crippen molar-refractivity contribution in [2.75, 3.05) is 62.4 Å². The molecule has 5 N–H and O–H groups in total. The molecule has 12 amide bonds. The van der Waals surface area contributed by atoms with Crippen molar-refractivity contribution in [1.82, 2.24) is 60.5 Å². The van der Waals surface area contributed by atoms with Gasteiger partial charge in [-0.25, -0.2) is 0 Å². The fraction of sp³-hybridized carbons (Fsp3) is 0.821. The highest BCUT2D eigenvalue weighted by molar-refractivity contribution is 6.00.